The van der Waals surface area contributed by atoms with E-state index in [2.05, 4.69) is 60.8 Å². The Labute approximate surface area is 95.0 Å². The molecule has 0 atom stereocenters. The second kappa shape index (κ2) is 4.60. The molecule has 0 aliphatic heterocycles. The normalized spacial score (nSPS) is 10.9. The quantitative estimate of drug-likeness (QED) is 0.761. The van der Waals surface area contributed by atoms with Crippen LogP contribution >= 0.6 is 11.3 Å². The average molecular weight is 217 g/mol. The van der Waals surface area contributed by atoms with Gasteiger partial charge in [-0.15, -0.1) is 11.3 Å². The van der Waals surface area contributed by atoms with Crippen LogP contribution in [-0.2, 0) is 6.54 Å². The van der Waals surface area contributed by atoms with Crippen molar-refractivity contribution in [3.05, 3.63) is 46.7 Å². The van der Waals surface area contributed by atoms with Crippen LogP contribution in [-0.4, -0.2) is 19.0 Å². The molecule has 0 bridgehead atoms. The highest BCUT2D eigenvalue weighted by Crippen LogP contribution is 2.28. The molecule has 0 saturated heterocycles. The molecular weight excluding hydrogens is 202 g/mol. The van der Waals surface area contributed by atoms with Gasteiger partial charge in [0.05, 0.1) is 0 Å². The van der Waals surface area contributed by atoms with E-state index in [9.17, 15) is 0 Å². The molecule has 0 aliphatic rings. The molecule has 0 amide bonds. The molecule has 78 valence electrons. The van der Waals surface area contributed by atoms with E-state index in [1.807, 2.05) is 11.3 Å². The first-order chi connectivity index (χ1) is 7.27. The first kappa shape index (κ1) is 10.4. The van der Waals surface area contributed by atoms with E-state index in [-0.39, 0.29) is 0 Å². The number of thiophene rings is 1. The molecule has 0 aliphatic carbocycles. The molecule has 2 rings (SSSR count). The predicted molar refractivity (Wildman–Crippen MR) is 67.1 cm³/mol. The van der Waals surface area contributed by atoms with Gasteiger partial charge in [-0.2, -0.15) is 0 Å². The van der Waals surface area contributed by atoms with Crippen LogP contribution in [0.2, 0.25) is 0 Å². The molecule has 0 unspecified atom stereocenters. The number of rotatable bonds is 3. The van der Waals surface area contributed by atoms with Crippen LogP contribution in [0.15, 0.2) is 41.8 Å². The first-order valence-corrected chi connectivity index (χ1v) is 5.92. The Hall–Kier alpha value is -1.12. The number of nitrogens with zero attached hydrogens (tertiary/aromatic N) is 1. The summed E-state index contributed by atoms with van der Waals surface area (Å²) >= 11 is 1.83. The maximum absolute atomic E-state index is 2.21. The minimum Gasteiger partial charge on any atom is -0.304 e. The lowest BCUT2D eigenvalue weighted by Crippen LogP contribution is -2.09. The maximum Gasteiger partial charge on any atom is 0.0328 e. The van der Waals surface area contributed by atoms with E-state index in [1.165, 1.54) is 16.0 Å². The summed E-state index contributed by atoms with van der Waals surface area (Å²) in [5.41, 5.74) is 2.69. The van der Waals surface area contributed by atoms with Crippen molar-refractivity contribution in [1.29, 1.82) is 0 Å². The van der Waals surface area contributed by atoms with Crippen LogP contribution in [0.4, 0.5) is 0 Å². The van der Waals surface area contributed by atoms with Crippen molar-refractivity contribution in [3.63, 3.8) is 0 Å². The minimum absolute atomic E-state index is 1.02. The maximum atomic E-state index is 2.21. The third-order valence-electron chi connectivity index (χ3n) is 2.29. The summed E-state index contributed by atoms with van der Waals surface area (Å²) in [4.78, 5) is 3.64. The van der Waals surface area contributed by atoms with Gasteiger partial charge in [0.2, 0.25) is 0 Å². The highest BCUT2D eigenvalue weighted by Gasteiger charge is 2.06. The van der Waals surface area contributed by atoms with Gasteiger partial charge < -0.3 is 4.90 Å². The number of hydrogen-bond donors (Lipinski definition) is 0. The zero-order valence-electron chi connectivity index (χ0n) is 9.10. The minimum atomic E-state index is 1.02. The molecule has 0 N–H and O–H groups in total. The van der Waals surface area contributed by atoms with Crippen molar-refractivity contribution < 1.29 is 0 Å². The second-order valence-corrected chi connectivity index (χ2v) is 4.86. The Morgan fingerprint density at radius 3 is 2.47 bits per heavy atom. The van der Waals surface area contributed by atoms with Gasteiger partial charge in [-0.05, 0) is 36.7 Å². The lowest BCUT2D eigenvalue weighted by Gasteiger charge is -2.10. The molecule has 1 aromatic heterocycles. The van der Waals surface area contributed by atoms with E-state index < -0.39 is 0 Å². The van der Waals surface area contributed by atoms with Crippen molar-refractivity contribution in [1.82, 2.24) is 4.90 Å². The second-order valence-electron chi connectivity index (χ2n) is 3.86. The summed E-state index contributed by atoms with van der Waals surface area (Å²) in [5.74, 6) is 0. The Bertz CT molecular complexity index is 417. The fourth-order valence-corrected chi connectivity index (χ4v) is 2.64. The summed E-state index contributed by atoms with van der Waals surface area (Å²) < 4.78 is 0. The standard InChI is InChI=1S/C13H15NS/c1-14(2)10-13-12(8-9-15-13)11-6-4-3-5-7-11/h3-9H,10H2,1-2H3. The van der Waals surface area contributed by atoms with Crippen LogP contribution in [0.25, 0.3) is 11.1 Å². The lowest BCUT2D eigenvalue weighted by molar-refractivity contribution is 0.407. The molecule has 0 radical (unpaired) electrons. The molecule has 1 heterocycles. The molecule has 1 aromatic carbocycles. The van der Waals surface area contributed by atoms with Gasteiger partial charge >= 0.3 is 0 Å². The van der Waals surface area contributed by atoms with Crippen molar-refractivity contribution in [2.75, 3.05) is 14.1 Å². The first-order valence-electron chi connectivity index (χ1n) is 5.04. The third-order valence-corrected chi connectivity index (χ3v) is 3.20. The lowest BCUT2D eigenvalue weighted by atomic mass is 10.1. The smallest absolute Gasteiger partial charge is 0.0328 e. The molecule has 15 heavy (non-hydrogen) atoms. The number of benzene rings is 1. The third kappa shape index (κ3) is 2.46. The van der Waals surface area contributed by atoms with Crippen LogP contribution in [0.1, 0.15) is 4.88 Å². The van der Waals surface area contributed by atoms with E-state index >= 15 is 0 Å². The van der Waals surface area contributed by atoms with Gasteiger partial charge in [0.25, 0.3) is 0 Å². The Balaban J connectivity index is 2.33. The largest absolute Gasteiger partial charge is 0.304 e. The Morgan fingerprint density at radius 1 is 1.07 bits per heavy atom. The topological polar surface area (TPSA) is 3.24 Å². The van der Waals surface area contributed by atoms with Crippen molar-refractivity contribution >= 4 is 11.3 Å². The van der Waals surface area contributed by atoms with Crippen LogP contribution in [0.5, 0.6) is 0 Å². The van der Waals surface area contributed by atoms with Gasteiger partial charge in [0.1, 0.15) is 0 Å². The fourth-order valence-electron chi connectivity index (χ4n) is 1.63. The van der Waals surface area contributed by atoms with Crippen molar-refractivity contribution in [2.24, 2.45) is 0 Å². The van der Waals surface area contributed by atoms with Crippen molar-refractivity contribution in [3.8, 4) is 11.1 Å². The van der Waals surface area contributed by atoms with Gasteiger partial charge in [0.15, 0.2) is 0 Å². The summed E-state index contributed by atoms with van der Waals surface area (Å²) in [6.07, 6.45) is 0. The van der Waals surface area contributed by atoms with Crippen LogP contribution in [0, 0.1) is 0 Å². The summed E-state index contributed by atoms with van der Waals surface area (Å²) in [7, 11) is 4.21. The van der Waals surface area contributed by atoms with E-state index in [0.717, 1.165) is 6.54 Å². The van der Waals surface area contributed by atoms with Gasteiger partial charge in [-0.3, -0.25) is 0 Å². The molecule has 2 aromatic rings. The predicted octanol–water partition coefficient (Wildman–Crippen LogP) is 3.48. The summed E-state index contributed by atoms with van der Waals surface area (Å²) in [6.45, 7) is 1.02. The monoisotopic (exact) mass is 217 g/mol. The Kier molecular flexibility index (Phi) is 3.19. The highest BCUT2D eigenvalue weighted by molar-refractivity contribution is 7.10. The SMILES string of the molecule is CN(C)Cc1sccc1-c1ccccc1. The summed E-state index contributed by atoms with van der Waals surface area (Å²) in [5, 5.41) is 2.17. The van der Waals surface area contributed by atoms with E-state index in [0.29, 0.717) is 0 Å². The highest BCUT2D eigenvalue weighted by atomic mass is 32.1. The Morgan fingerprint density at radius 2 is 1.80 bits per heavy atom. The van der Waals surface area contributed by atoms with Crippen molar-refractivity contribution in [2.45, 2.75) is 6.54 Å². The zero-order chi connectivity index (χ0) is 10.7. The molecule has 0 spiro atoms. The van der Waals surface area contributed by atoms with Gasteiger partial charge in [-0.1, -0.05) is 30.3 Å². The molecular formula is C13H15NS. The average Bonchev–Trinajstić information content (AvgIpc) is 2.66. The van der Waals surface area contributed by atoms with E-state index in [1.54, 1.807) is 0 Å². The molecule has 2 heteroatoms. The van der Waals surface area contributed by atoms with Gasteiger partial charge in [0, 0.05) is 11.4 Å². The summed E-state index contributed by atoms with van der Waals surface area (Å²) in [6, 6.07) is 12.8. The fraction of sp³-hybridized carbons (Fsp3) is 0.231. The number of hydrogen-bond acceptors (Lipinski definition) is 2. The van der Waals surface area contributed by atoms with Gasteiger partial charge in [-0.25, -0.2) is 0 Å². The molecule has 0 saturated carbocycles. The molecule has 1 nitrogen and oxygen atoms in total. The zero-order valence-corrected chi connectivity index (χ0v) is 9.92. The van der Waals surface area contributed by atoms with E-state index in [4.69, 9.17) is 0 Å². The van der Waals surface area contributed by atoms with Crippen LogP contribution in [0.3, 0.4) is 0 Å². The molecule has 0 fully saturated rings. The van der Waals surface area contributed by atoms with Crippen LogP contribution < -0.4 is 0 Å².